The van der Waals surface area contributed by atoms with Crippen molar-refractivity contribution in [3.63, 3.8) is 0 Å². The van der Waals surface area contributed by atoms with Gasteiger partial charge in [0.15, 0.2) is 0 Å². The summed E-state index contributed by atoms with van der Waals surface area (Å²) in [5, 5.41) is 0.525. The number of β-lactam (4-membered cyclic amide) rings is 1. The SMILES string of the molecule is N[C@H]1C(=O)N(c2ccc(Cl)cc2)[C@H]1c1ccc(C(F)(F)F)cc1. The zero-order chi connectivity index (χ0) is 16.8. The van der Waals surface area contributed by atoms with Gasteiger partial charge in [-0.1, -0.05) is 23.7 Å². The third kappa shape index (κ3) is 2.80. The molecule has 0 aromatic heterocycles. The predicted octanol–water partition coefficient (Wildman–Crippen LogP) is 3.77. The Kier molecular flexibility index (Phi) is 3.82. The maximum atomic E-state index is 12.6. The standard InChI is InChI=1S/C16H12ClF3N2O/c17-11-5-7-12(8-6-11)22-14(13(21)15(22)23)9-1-3-10(4-2-9)16(18,19)20/h1-8,13-14H,21H2/t13-,14+/m1/s1. The molecule has 0 bridgehead atoms. The lowest BCUT2D eigenvalue weighted by Gasteiger charge is -2.45. The first-order valence-electron chi connectivity index (χ1n) is 6.80. The van der Waals surface area contributed by atoms with E-state index in [2.05, 4.69) is 0 Å². The van der Waals surface area contributed by atoms with Crippen molar-refractivity contribution in [1.82, 2.24) is 0 Å². The fourth-order valence-electron chi connectivity index (χ4n) is 2.63. The molecule has 1 saturated heterocycles. The highest BCUT2D eigenvalue weighted by atomic mass is 35.5. The summed E-state index contributed by atoms with van der Waals surface area (Å²) in [5.41, 5.74) is 6.26. The molecule has 1 fully saturated rings. The highest BCUT2D eigenvalue weighted by molar-refractivity contribution is 6.30. The molecule has 1 aliphatic rings. The van der Waals surface area contributed by atoms with Crippen molar-refractivity contribution in [2.24, 2.45) is 5.73 Å². The lowest BCUT2D eigenvalue weighted by molar-refractivity contribution is -0.137. The Bertz CT molecular complexity index is 728. The fourth-order valence-corrected chi connectivity index (χ4v) is 2.75. The zero-order valence-corrected chi connectivity index (χ0v) is 12.5. The Morgan fingerprint density at radius 3 is 2.09 bits per heavy atom. The molecule has 2 N–H and O–H groups in total. The van der Waals surface area contributed by atoms with E-state index >= 15 is 0 Å². The molecule has 7 heteroatoms. The van der Waals surface area contributed by atoms with Gasteiger partial charge < -0.3 is 10.6 Å². The second kappa shape index (κ2) is 5.54. The summed E-state index contributed by atoms with van der Waals surface area (Å²) in [5.74, 6) is -0.280. The molecule has 2 aromatic carbocycles. The van der Waals surface area contributed by atoms with Gasteiger partial charge in [0.2, 0.25) is 5.91 Å². The molecule has 3 nitrogen and oxygen atoms in total. The predicted molar refractivity (Wildman–Crippen MR) is 81.1 cm³/mol. The highest BCUT2D eigenvalue weighted by Gasteiger charge is 2.46. The molecule has 2 aromatic rings. The average molecular weight is 341 g/mol. The molecule has 120 valence electrons. The molecule has 1 heterocycles. The third-order valence-electron chi connectivity index (χ3n) is 3.83. The number of carbonyl (C=O) groups is 1. The van der Waals surface area contributed by atoms with Gasteiger partial charge in [0.05, 0.1) is 11.6 Å². The normalized spacial score (nSPS) is 21.3. The summed E-state index contributed by atoms with van der Waals surface area (Å²) >= 11 is 5.82. The van der Waals surface area contributed by atoms with Gasteiger partial charge in [-0.25, -0.2) is 0 Å². The van der Waals surface area contributed by atoms with E-state index in [1.807, 2.05) is 0 Å². The second-order valence-corrected chi connectivity index (χ2v) is 5.71. The van der Waals surface area contributed by atoms with E-state index in [-0.39, 0.29) is 5.91 Å². The zero-order valence-electron chi connectivity index (χ0n) is 11.7. The lowest BCUT2D eigenvalue weighted by atomic mass is 9.88. The van der Waals surface area contributed by atoms with Crippen LogP contribution in [0.25, 0.3) is 0 Å². The van der Waals surface area contributed by atoms with E-state index in [0.717, 1.165) is 12.1 Å². The van der Waals surface area contributed by atoms with Crippen LogP contribution in [0.1, 0.15) is 17.2 Å². The summed E-state index contributed by atoms with van der Waals surface area (Å²) < 4.78 is 37.9. The van der Waals surface area contributed by atoms with Crippen molar-refractivity contribution in [3.05, 3.63) is 64.7 Å². The Hall–Kier alpha value is -2.05. The maximum Gasteiger partial charge on any atom is 0.416 e. The second-order valence-electron chi connectivity index (χ2n) is 5.28. The van der Waals surface area contributed by atoms with Crippen molar-refractivity contribution in [2.45, 2.75) is 18.3 Å². The molecule has 1 amide bonds. The number of amides is 1. The van der Waals surface area contributed by atoms with Crippen LogP contribution < -0.4 is 10.6 Å². The maximum absolute atomic E-state index is 12.6. The molecule has 0 radical (unpaired) electrons. The Morgan fingerprint density at radius 1 is 1.00 bits per heavy atom. The molecule has 0 aliphatic carbocycles. The summed E-state index contributed by atoms with van der Waals surface area (Å²) in [7, 11) is 0. The first kappa shape index (κ1) is 15.8. The van der Waals surface area contributed by atoms with E-state index in [1.165, 1.54) is 17.0 Å². The van der Waals surface area contributed by atoms with Gasteiger partial charge >= 0.3 is 6.18 Å². The number of anilines is 1. The molecule has 0 unspecified atom stereocenters. The average Bonchev–Trinajstić information content (AvgIpc) is 2.52. The molecule has 1 aliphatic heterocycles. The number of benzene rings is 2. The summed E-state index contributed by atoms with van der Waals surface area (Å²) in [6.07, 6.45) is -4.40. The number of carbonyl (C=O) groups excluding carboxylic acids is 1. The molecule has 23 heavy (non-hydrogen) atoms. The van der Waals surface area contributed by atoms with E-state index in [9.17, 15) is 18.0 Å². The minimum absolute atomic E-state index is 0.280. The quantitative estimate of drug-likeness (QED) is 0.846. The number of rotatable bonds is 2. The van der Waals surface area contributed by atoms with Crippen LogP contribution in [0.4, 0.5) is 18.9 Å². The number of hydrogen-bond donors (Lipinski definition) is 1. The third-order valence-corrected chi connectivity index (χ3v) is 4.08. The lowest BCUT2D eigenvalue weighted by Crippen LogP contribution is -2.63. The van der Waals surface area contributed by atoms with Crippen LogP contribution >= 0.6 is 11.6 Å². The Labute approximate surface area is 135 Å². The first-order chi connectivity index (χ1) is 10.8. The van der Waals surface area contributed by atoms with Crippen LogP contribution in [0.5, 0.6) is 0 Å². The molecular weight excluding hydrogens is 329 g/mol. The topological polar surface area (TPSA) is 46.3 Å². The largest absolute Gasteiger partial charge is 0.416 e. The number of hydrogen-bond acceptors (Lipinski definition) is 2. The minimum Gasteiger partial charge on any atom is -0.318 e. The number of halogens is 4. The van der Waals surface area contributed by atoms with E-state index in [4.69, 9.17) is 17.3 Å². The van der Waals surface area contributed by atoms with E-state index < -0.39 is 23.8 Å². The van der Waals surface area contributed by atoms with Crippen LogP contribution in [-0.2, 0) is 11.0 Å². The van der Waals surface area contributed by atoms with Crippen molar-refractivity contribution >= 4 is 23.2 Å². The fraction of sp³-hybridized carbons (Fsp3) is 0.188. The van der Waals surface area contributed by atoms with Crippen LogP contribution in [0.15, 0.2) is 48.5 Å². The molecule has 2 atom stereocenters. The molecular formula is C16H12ClF3N2O. The van der Waals surface area contributed by atoms with Gasteiger partial charge in [-0.05, 0) is 42.0 Å². The summed E-state index contributed by atoms with van der Waals surface area (Å²) in [6, 6.07) is 10.0. The smallest absolute Gasteiger partial charge is 0.318 e. The van der Waals surface area contributed by atoms with Gasteiger partial charge in [-0.3, -0.25) is 4.79 Å². The van der Waals surface area contributed by atoms with Gasteiger partial charge in [0.25, 0.3) is 0 Å². The Morgan fingerprint density at radius 2 is 1.57 bits per heavy atom. The first-order valence-corrected chi connectivity index (χ1v) is 7.18. The monoisotopic (exact) mass is 340 g/mol. The molecule has 0 saturated carbocycles. The van der Waals surface area contributed by atoms with Gasteiger partial charge in [-0.15, -0.1) is 0 Å². The summed E-state index contributed by atoms with van der Waals surface area (Å²) in [4.78, 5) is 13.5. The number of nitrogens with zero attached hydrogens (tertiary/aromatic N) is 1. The van der Waals surface area contributed by atoms with Gasteiger partial charge in [-0.2, -0.15) is 13.2 Å². The van der Waals surface area contributed by atoms with Gasteiger partial charge in [0, 0.05) is 10.7 Å². The van der Waals surface area contributed by atoms with Crippen LogP contribution in [0.2, 0.25) is 5.02 Å². The number of nitrogens with two attached hydrogens (primary N) is 1. The minimum atomic E-state index is -4.40. The molecule has 3 rings (SSSR count). The van der Waals surface area contributed by atoms with Crippen LogP contribution in [-0.4, -0.2) is 11.9 Å². The van der Waals surface area contributed by atoms with Crippen molar-refractivity contribution in [3.8, 4) is 0 Å². The van der Waals surface area contributed by atoms with E-state index in [0.29, 0.717) is 16.3 Å². The highest BCUT2D eigenvalue weighted by Crippen LogP contribution is 2.39. The summed E-state index contributed by atoms with van der Waals surface area (Å²) in [6.45, 7) is 0. The van der Waals surface area contributed by atoms with Crippen LogP contribution in [0, 0.1) is 0 Å². The van der Waals surface area contributed by atoms with E-state index in [1.54, 1.807) is 24.3 Å². The van der Waals surface area contributed by atoms with Gasteiger partial charge in [0.1, 0.15) is 6.04 Å². The van der Waals surface area contributed by atoms with Crippen molar-refractivity contribution in [2.75, 3.05) is 4.90 Å². The van der Waals surface area contributed by atoms with Crippen molar-refractivity contribution in [1.29, 1.82) is 0 Å². The van der Waals surface area contributed by atoms with Crippen molar-refractivity contribution < 1.29 is 18.0 Å². The Balaban J connectivity index is 1.91. The number of alkyl halides is 3. The van der Waals surface area contributed by atoms with Crippen LogP contribution in [0.3, 0.4) is 0 Å². The molecule has 0 spiro atoms.